The second kappa shape index (κ2) is 6.39. The van der Waals surface area contributed by atoms with Crippen LogP contribution >= 0.6 is 0 Å². The summed E-state index contributed by atoms with van der Waals surface area (Å²) in [5.41, 5.74) is 1.11. The first-order valence-electron chi connectivity index (χ1n) is 5.51. The van der Waals surface area contributed by atoms with Crippen molar-refractivity contribution in [1.29, 1.82) is 0 Å². The highest BCUT2D eigenvalue weighted by Crippen LogP contribution is 2.10. The lowest BCUT2D eigenvalue weighted by Gasteiger charge is -2.06. The van der Waals surface area contributed by atoms with Gasteiger partial charge in [0.1, 0.15) is 11.6 Å². The molecule has 0 bridgehead atoms. The molecule has 0 fully saturated rings. The van der Waals surface area contributed by atoms with E-state index in [0.717, 1.165) is 5.56 Å². The van der Waals surface area contributed by atoms with Gasteiger partial charge < -0.3 is 10.4 Å². The zero-order valence-corrected chi connectivity index (χ0v) is 10.5. The van der Waals surface area contributed by atoms with Crippen LogP contribution in [0.15, 0.2) is 54.5 Å². The molecule has 18 heavy (non-hydrogen) atoms. The van der Waals surface area contributed by atoms with Crippen LogP contribution in [0.3, 0.4) is 0 Å². The van der Waals surface area contributed by atoms with Crippen LogP contribution in [0.1, 0.15) is 12.5 Å². The summed E-state index contributed by atoms with van der Waals surface area (Å²) in [5.74, 6) is -0.146. The number of carbonyl (C=O) groups is 1. The maximum Gasteiger partial charge on any atom is 0.260 e. The summed E-state index contributed by atoms with van der Waals surface area (Å²) in [6.07, 6.45) is 6.02. The van der Waals surface area contributed by atoms with Gasteiger partial charge in [-0.15, -0.1) is 0 Å². The van der Waals surface area contributed by atoms with Gasteiger partial charge in [0.15, 0.2) is 0 Å². The van der Waals surface area contributed by atoms with E-state index in [2.05, 4.69) is 16.9 Å². The topological polar surface area (TPSA) is 62.2 Å². The number of aliphatic hydroxyl groups is 1. The van der Waals surface area contributed by atoms with E-state index >= 15 is 0 Å². The van der Waals surface area contributed by atoms with Crippen LogP contribution in [-0.2, 0) is 4.79 Å². The minimum atomic E-state index is -0.447. The number of nitrogens with one attached hydrogen (secondary N) is 1. The average Bonchev–Trinajstić information content (AvgIpc) is 2.33. The maximum absolute atomic E-state index is 11.9. The molecule has 0 unspecified atom stereocenters. The normalized spacial score (nSPS) is 12.1. The highest BCUT2D eigenvalue weighted by molar-refractivity contribution is 6.05. The van der Waals surface area contributed by atoms with Gasteiger partial charge >= 0.3 is 0 Å². The van der Waals surface area contributed by atoms with Crippen LogP contribution < -0.4 is 5.32 Å². The first-order valence-corrected chi connectivity index (χ1v) is 5.51. The lowest BCUT2D eigenvalue weighted by molar-refractivity contribution is -0.112. The first-order chi connectivity index (χ1) is 8.58. The molecule has 0 saturated carbocycles. The summed E-state index contributed by atoms with van der Waals surface area (Å²) in [5, 5.41) is 12.2. The van der Waals surface area contributed by atoms with E-state index in [1.807, 2.05) is 13.0 Å². The molecule has 0 saturated heterocycles. The highest BCUT2D eigenvalue weighted by Gasteiger charge is 2.11. The molecule has 4 nitrogen and oxygen atoms in total. The van der Waals surface area contributed by atoms with E-state index in [1.54, 1.807) is 25.3 Å². The van der Waals surface area contributed by atoms with Gasteiger partial charge in [0.2, 0.25) is 0 Å². The smallest absolute Gasteiger partial charge is 0.260 e. The van der Waals surface area contributed by atoms with Gasteiger partial charge in [-0.05, 0) is 31.6 Å². The fourth-order valence-corrected chi connectivity index (χ4v) is 1.29. The molecule has 0 aliphatic carbocycles. The third kappa shape index (κ3) is 3.59. The number of nitrogens with zero attached hydrogens (tertiary/aromatic N) is 1. The Hall–Kier alpha value is -2.36. The Labute approximate surface area is 106 Å². The van der Waals surface area contributed by atoms with Crippen LogP contribution in [0.25, 0.3) is 0 Å². The summed E-state index contributed by atoms with van der Waals surface area (Å²) < 4.78 is 0. The molecule has 1 rings (SSSR count). The Morgan fingerprint density at radius 3 is 2.72 bits per heavy atom. The Kier molecular flexibility index (Phi) is 4.87. The third-order valence-electron chi connectivity index (χ3n) is 2.20. The van der Waals surface area contributed by atoms with Crippen molar-refractivity contribution < 1.29 is 9.90 Å². The number of hydrogen-bond acceptors (Lipinski definition) is 3. The second-order valence-corrected chi connectivity index (χ2v) is 3.68. The molecule has 1 amide bonds. The van der Waals surface area contributed by atoms with Crippen LogP contribution in [-0.4, -0.2) is 16.0 Å². The van der Waals surface area contributed by atoms with E-state index in [1.165, 1.54) is 12.2 Å². The summed E-state index contributed by atoms with van der Waals surface area (Å²) in [6, 6.07) is 3.53. The number of hydrogen-bond donors (Lipinski definition) is 2. The van der Waals surface area contributed by atoms with Crippen molar-refractivity contribution in [3.63, 3.8) is 0 Å². The van der Waals surface area contributed by atoms with E-state index in [4.69, 9.17) is 0 Å². The summed E-state index contributed by atoms with van der Waals surface area (Å²) in [7, 11) is 0. The Morgan fingerprint density at radius 2 is 2.22 bits per heavy atom. The van der Waals surface area contributed by atoms with Crippen LogP contribution in [0.4, 0.5) is 5.82 Å². The molecule has 0 aliphatic rings. The van der Waals surface area contributed by atoms with Crippen molar-refractivity contribution >= 4 is 11.7 Å². The number of rotatable bonds is 4. The van der Waals surface area contributed by atoms with E-state index in [0.29, 0.717) is 5.82 Å². The molecule has 1 heterocycles. The lowest BCUT2D eigenvalue weighted by atomic mass is 10.2. The van der Waals surface area contributed by atoms with Gasteiger partial charge in [0, 0.05) is 6.20 Å². The van der Waals surface area contributed by atoms with Crippen molar-refractivity contribution in [2.75, 3.05) is 5.32 Å². The second-order valence-electron chi connectivity index (χ2n) is 3.68. The van der Waals surface area contributed by atoms with Crippen molar-refractivity contribution in [2.45, 2.75) is 13.8 Å². The molecule has 2 N–H and O–H groups in total. The number of aromatic nitrogens is 1. The maximum atomic E-state index is 11.9. The quantitative estimate of drug-likeness (QED) is 0.486. The summed E-state index contributed by atoms with van der Waals surface area (Å²) in [6.45, 7) is 7.16. The molecular formula is C14H16N2O2. The zero-order chi connectivity index (χ0) is 13.5. The molecule has 0 aliphatic heterocycles. The summed E-state index contributed by atoms with van der Waals surface area (Å²) in [4.78, 5) is 15.9. The van der Waals surface area contributed by atoms with Gasteiger partial charge in [-0.2, -0.15) is 0 Å². The van der Waals surface area contributed by atoms with Crippen molar-refractivity contribution in [1.82, 2.24) is 4.98 Å². The number of aliphatic hydroxyl groups excluding tert-OH is 1. The predicted octanol–water partition coefficient (Wildman–Crippen LogP) is 2.90. The average molecular weight is 244 g/mol. The standard InChI is InChI=1S/C14H16N2O2/c1-4-6-12(17)11(5-2)14(18)16-13-8-7-10(3)9-15-13/h4-9,17H,2H2,1,3H3,(H,15,16,18)/b6-4-,12-11-. The first kappa shape index (κ1) is 13.7. The monoisotopic (exact) mass is 244 g/mol. The molecule has 4 heteroatoms. The van der Waals surface area contributed by atoms with Crippen molar-refractivity contribution in [3.05, 3.63) is 60.0 Å². The molecule has 1 aromatic rings. The van der Waals surface area contributed by atoms with Gasteiger partial charge in [-0.3, -0.25) is 4.79 Å². The summed E-state index contributed by atoms with van der Waals surface area (Å²) >= 11 is 0. The van der Waals surface area contributed by atoms with E-state index in [9.17, 15) is 9.90 Å². The van der Waals surface area contributed by atoms with Crippen LogP contribution in [0.2, 0.25) is 0 Å². The number of aryl methyl sites for hydroxylation is 1. The fourth-order valence-electron chi connectivity index (χ4n) is 1.29. The highest BCUT2D eigenvalue weighted by atomic mass is 16.3. The molecule has 0 aromatic carbocycles. The fraction of sp³-hybridized carbons (Fsp3) is 0.143. The van der Waals surface area contributed by atoms with E-state index in [-0.39, 0.29) is 11.3 Å². The molecule has 94 valence electrons. The lowest BCUT2D eigenvalue weighted by Crippen LogP contribution is -2.15. The van der Waals surface area contributed by atoms with E-state index < -0.39 is 5.91 Å². The number of anilines is 1. The number of carbonyl (C=O) groups excluding carboxylic acids is 1. The Bertz CT molecular complexity index is 499. The van der Waals surface area contributed by atoms with Crippen LogP contribution in [0, 0.1) is 6.92 Å². The largest absolute Gasteiger partial charge is 0.507 e. The number of allylic oxidation sites excluding steroid dienone is 2. The third-order valence-corrected chi connectivity index (χ3v) is 2.20. The van der Waals surface area contributed by atoms with Gasteiger partial charge in [0.05, 0.1) is 5.57 Å². The van der Waals surface area contributed by atoms with Crippen molar-refractivity contribution in [3.8, 4) is 0 Å². The molecule has 0 atom stereocenters. The molecule has 1 aromatic heterocycles. The molecular weight excluding hydrogens is 228 g/mol. The minimum absolute atomic E-state index is 0.107. The van der Waals surface area contributed by atoms with Gasteiger partial charge in [-0.25, -0.2) is 4.98 Å². The Morgan fingerprint density at radius 1 is 1.50 bits per heavy atom. The van der Waals surface area contributed by atoms with Crippen molar-refractivity contribution in [2.24, 2.45) is 0 Å². The Balaban J connectivity index is 2.90. The minimum Gasteiger partial charge on any atom is -0.507 e. The van der Waals surface area contributed by atoms with Gasteiger partial charge in [-0.1, -0.05) is 24.8 Å². The van der Waals surface area contributed by atoms with Gasteiger partial charge in [0.25, 0.3) is 5.91 Å². The number of amides is 1. The molecule has 0 radical (unpaired) electrons. The predicted molar refractivity (Wildman–Crippen MR) is 72.3 cm³/mol. The zero-order valence-electron chi connectivity index (χ0n) is 10.5. The molecule has 0 spiro atoms. The number of pyridine rings is 1. The van der Waals surface area contributed by atoms with Crippen LogP contribution in [0.5, 0.6) is 0 Å². The SMILES string of the molecule is C=C/C(C(=O)Nc1ccc(C)cn1)=C(O)\C=C/C.